The van der Waals surface area contributed by atoms with E-state index in [0.29, 0.717) is 12.2 Å². The van der Waals surface area contributed by atoms with E-state index < -0.39 is 12.0 Å². The largest absolute Gasteiger partial charge is 0.477 e. The molecule has 2 amide bonds. The number of amides is 2. The number of fused-ring (bicyclic) bond motifs is 1. The van der Waals surface area contributed by atoms with Crippen LogP contribution in [0.5, 0.6) is 0 Å². The Morgan fingerprint density at radius 2 is 1.96 bits per heavy atom. The molecule has 0 spiro atoms. The van der Waals surface area contributed by atoms with E-state index in [1.807, 2.05) is 47.8 Å². The van der Waals surface area contributed by atoms with Gasteiger partial charge in [0.1, 0.15) is 17.1 Å². The highest BCUT2D eigenvalue weighted by Gasteiger charge is 2.54. The van der Waals surface area contributed by atoms with Crippen molar-refractivity contribution in [2.45, 2.75) is 24.3 Å². The minimum atomic E-state index is -1.10. The Bertz CT molecular complexity index is 940. The lowest BCUT2D eigenvalue weighted by atomic mass is 9.99. The molecule has 2 aliphatic rings. The van der Waals surface area contributed by atoms with E-state index in [-0.39, 0.29) is 29.3 Å². The Morgan fingerprint density at radius 1 is 1.18 bits per heavy atom. The Labute approximate surface area is 170 Å². The standard InChI is InChI=1S/C20H18N2O4S2/c23-15(10-14-7-4-8-27-14)21-16-18(24)22-17(20(25)26)13(11-28-19(16)22)9-12-5-2-1-3-6-12/h1-8,16,19H,9-11H2,(H,21,23)(H,25,26)/t16?,19-/m1/s1. The summed E-state index contributed by atoms with van der Waals surface area (Å²) in [5.74, 6) is -1.17. The summed E-state index contributed by atoms with van der Waals surface area (Å²) in [5.41, 5.74) is 1.78. The third-order valence-electron chi connectivity index (χ3n) is 4.74. The molecular formula is C20H18N2O4S2. The first-order chi connectivity index (χ1) is 13.5. The van der Waals surface area contributed by atoms with Crippen molar-refractivity contribution in [2.24, 2.45) is 0 Å². The molecule has 6 nitrogen and oxygen atoms in total. The van der Waals surface area contributed by atoms with Crippen molar-refractivity contribution in [3.05, 3.63) is 69.6 Å². The maximum atomic E-state index is 12.6. The molecule has 144 valence electrons. The van der Waals surface area contributed by atoms with Crippen molar-refractivity contribution >= 4 is 40.9 Å². The van der Waals surface area contributed by atoms with Gasteiger partial charge in [-0.15, -0.1) is 23.1 Å². The molecule has 28 heavy (non-hydrogen) atoms. The van der Waals surface area contributed by atoms with Gasteiger partial charge in [0.15, 0.2) is 0 Å². The summed E-state index contributed by atoms with van der Waals surface area (Å²) in [7, 11) is 0. The lowest BCUT2D eigenvalue weighted by Gasteiger charge is -2.49. The Hall–Kier alpha value is -2.58. The van der Waals surface area contributed by atoms with E-state index in [4.69, 9.17) is 0 Å². The number of benzene rings is 1. The first kappa shape index (κ1) is 18.8. The summed E-state index contributed by atoms with van der Waals surface area (Å²) in [5, 5.41) is 14.0. The van der Waals surface area contributed by atoms with Crippen LogP contribution in [0.15, 0.2) is 59.1 Å². The molecule has 1 saturated heterocycles. The molecule has 1 aromatic carbocycles. The molecule has 0 aliphatic carbocycles. The Morgan fingerprint density at radius 3 is 2.64 bits per heavy atom. The Balaban J connectivity index is 1.49. The number of aliphatic carboxylic acids is 1. The predicted molar refractivity (Wildman–Crippen MR) is 108 cm³/mol. The first-order valence-corrected chi connectivity index (χ1v) is 10.7. The molecule has 1 aromatic heterocycles. The van der Waals surface area contributed by atoms with Gasteiger partial charge in [0, 0.05) is 10.6 Å². The lowest BCUT2D eigenvalue weighted by molar-refractivity contribution is -0.150. The molecule has 2 aliphatic heterocycles. The molecule has 2 aromatic rings. The fourth-order valence-corrected chi connectivity index (χ4v) is 5.51. The van der Waals surface area contributed by atoms with Crippen LogP contribution in [0.2, 0.25) is 0 Å². The van der Waals surface area contributed by atoms with Crippen molar-refractivity contribution in [1.29, 1.82) is 0 Å². The van der Waals surface area contributed by atoms with Crippen LogP contribution < -0.4 is 5.32 Å². The summed E-state index contributed by atoms with van der Waals surface area (Å²) < 4.78 is 0. The summed E-state index contributed by atoms with van der Waals surface area (Å²) in [6, 6.07) is 12.7. The molecule has 1 unspecified atom stereocenters. The number of carboxylic acids is 1. The fourth-order valence-electron chi connectivity index (χ4n) is 3.46. The molecule has 1 fully saturated rings. The zero-order valence-corrected chi connectivity index (χ0v) is 16.5. The van der Waals surface area contributed by atoms with Crippen LogP contribution in [0.3, 0.4) is 0 Å². The predicted octanol–water partition coefficient (Wildman–Crippen LogP) is 2.27. The number of hydrogen-bond donors (Lipinski definition) is 2. The molecule has 2 N–H and O–H groups in total. The van der Waals surface area contributed by atoms with Gasteiger partial charge in [-0.1, -0.05) is 36.4 Å². The quantitative estimate of drug-likeness (QED) is 0.708. The average molecular weight is 415 g/mol. The second-order valence-corrected chi connectivity index (χ2v) is 8.77. The summed E-state index contributed by atoms with van der Waals surface area (Å²) in [6.45, 7) is 0. The molecule has 4 rings (SSSR count). The van der Waals surface area contributed by atoms with Gasteiger partial charge in [-0.05, 0) is 29.0 Å². The van der Waals surface area contributed by atoms with E-state index in [1.165, 1.54) is 28.0 Å². The highest BCUT2D eigenvalue weighted by atomic mass is 32.2. The van der Waals surface area contributed by atoms with Gasteiger partial charge in [-0.25, -0.2) is 4.79 Å². The monoisotopic (exact) mass is 414 g/mol. The van der Waals surface area contributed by atoms with Crippen molar-refractivity contribution in [2.75, 3.05) is 5.75 Å². The van der Waals surface area contributed by atoms with E-state index in [0.717, 1.165) is 16.0 Å². The van der Waals surface area contributed by atoms with Crippen LogP contribution in [-0.2, 0) is 27.2 Å². The SMILES string of the molecule is O=C(Cc1cccs1)NC1C(=O)N2C(C(=O)O)=C(Cc3ccccc3)CS[C@H]12. The number of nitrogens with one attached hydrogen (secondary N) is 1. The fraction of sp³-hybridized carbons (Fsp3) is 0.250. The highest BCUT2D eigenvalue weighted by molar-refractivity contribution is 8.00. The summed E-state index contributed by atoms with van der Waals surface area (Å²) >= 11 is 2.98. The molecular weight excluding hydrogens is 396 g/mol. The molecule has 2 atom stereocenters. The van der Waals surface area contributed by atoms with Gasteiger partial charge in [0.2, 0.25) is 5.91 Å². The smallest absolute Gasteiger partial charge is 0.352 e. The van der Waals surface area contributed by atoms with Crippen molar-refractivity contribution in [1.82, 2.24) is 10.2 Å². The lowest BCUT2D eigenvalue weighted by Crippen LogP contribution is -2.70. The number of hydrogen-bond acceptors (Lipinski definition) is 5. The number of carboxylic acid groups (broad SMARTS) is 1. The number of thiophene rings is 1. The third-order valence-corrected chi connectivity index (χ3v) is 6.96. The second-order valence-electron chi connectivity index (χ2n) is 6.63. The molecule has 0 radical (unpaired) electrons. The van der Waals surface area contributed by atoms with Crippen molar-refractivity contribution in [3.63, 3.8) is 0 Å². The van der Waals surface area contributed by atoms with Crippen LogP contribution in [0, 0.1) is 0 Å². The number of carbonyl (C=O) groups excluding carboxylic acids is 2. The van der Waals surface area contributed by atoms with Crippen molar-refractivity contribution in [3.8, 4) is 0 Å². The van der Waals surface area contributed by atoms with Crippen LogP contribution >= 0.6 is 23.1 Å². The summed E-state index contributed by atoms with van der Waals surface area (Å²) in [4.78, 5) is 39.0. The molecule has 0 saturated carbocycles. The summed E-state index contributed by atoms with van der Waals surface area (Å²) in [6.07, 6.45) is 0.709. The molecule has 3 heterocycles. The van der Waals surface area contributed by atoms with Crippen LogP contribution in [0.1, 0.15) is 10.4 Å². The maximum Gasteiger partial charge on any atom is 0.352 e. The minimum absolute atomic E-state index is 0.0568. The van der Waals surface area contributed by atoms with Gasteiger partial charge in [0.25, 0.3) is 5.91 Å². The zero-order valence-electron chi connectivity index (χ0n) is 14.8. The average Bonchev–Trinajstić information content (AvgIpc) is 3.19. The molecule has 8 heteroatoms. The minimum Gasteiger partial charge on any atom is -0.477 e. The number of thioether (sulfide) groups is 1. The maximum absolute atomic E-state index is 12.6. The first-order valence-electron chi connectivity index (χ1n) is 8.80. The van der Waals surface area contributed by atoms with Gasteiger partial charge in [0.05, 0.1) is 6.42 Å². The van der Waals surface area contributed by atoms with Crippen LogP contribution in [0.4, 0.5) is 0 Å². The molecule has 0 bridgehead atoms. The van der Waals surface area contributed by atoms with E-state index >= 15 is 0 Å². The van der Waals surface area contributed by atoms with E-state index in [9.17, 15) is 19.5 Å². The van der Waals surface area contributed by atoms with Crippen LogP contribution in [-0.4, -0.2) is 45.0 Å². The van der Waals surface area contributed by atoms with Gasteiger partial charge in [-0.3, -0.25) is 14.5 Å². The third kappa shape index (κ3) is 3.57. The van der Waals surface area contributed by atoms with Gasteiger partial charge < -0.3 is 10.4 Å². The van der Waals surface area contributed by atoms with Gasteiger partial charge >= 0.3 is 5.97 Å². The number of rotatable bonds is 6. The van der Waals surface area contributed by atoms with Crippen LogP contribution in [0.25, 0.3) is 0 Å². The zero-order chi connectivity index (χ0) is 19.7. The van der Waals surface area contributed by atoms with Gasteiger partial charge in [-0.2, -0.15) is 0 Å². The highest BCUT2D eigenvalue weighted by Crippen LogP contribution is 2.41. The second kappa shape index (κ2) is 7.81. The van der Waals surface area contributed by atoms with E-state index in [2.05, 4.69) is 5.32 Å². The Kier molecular flexibility index (Phi) is 5.23. The number of nitrogens with zero attached hydrogens (tertiary/aromatic N) is 1. The number of carbonyl (C=O) groups is 3. The number of β-lactam (4-membered cyclic amide) rings is 1. The normalized spacial score (nSPS) is 21.1. The topological polar surface area (TPSA) is 86.7 Å². The van der Waals surface area contributed by atoms with Crippen molar-refractivity contribution < 1.29 is 19.5 Å². The van der Waals surface area contributed by atoms with E-state index in [1.54, 1.807) is 0 Å².